The van der Waals surface area contributed by atoms with Gasteiger partial charge < -0.3 is 15.5 Å². The fraction of sp³-hybridized carbons (Fsp3) is 0.259. The second-order valence-electron chi connectivity index (χ2n) is 8.53. The van der Waals surface area contributed by atoms with Gasteiger partial charge in [0.1, 0.15) is 0 Å². The summed E-state index contributed by atoms with van der Waals surface area (Å²) in [7, 11) is 0. The quantitative estimate of drug-likeness (QED) is 0.484. The molecule has 3 aromatic rings. The number of amides is 4. The monoisotopic (exact) mass is 442 g/mol. The minimum atomic E-state index is -0.343. The third-order valence-electron chi connectivity index (χ3n) is 6.01. The van der Waals surface area contributed by atoms with E-state index in [9.17, 15) is 9.59 Å². The summed E-state index contributed by atoms with van der Waals surface area (Å²) < 4.78 is 0. The van der Waals surface area contributed by atoms with E-state index in [2.05, 4.69) is 17.6 Å². The second-order valence-corrected chi connectivity index (χ2v) is 8.53. The molecule has 1 aliphatic heterocycles. The largest absolute Gasteiger partial charge is 0.325 e. The Morgan fingerprint density at radius 2 is 1.58 bits per heavy atom. The van der Waals surface area contributed by atoms with E-state index in [1.165, 1.54) is 0 Å². The molecule has 1 fully saturated rings. The molecule has 1 aliphatic rings. The first kappa shape index (κ1) is 22.4. The molecule has 0 aliphatic carbocycles. The Balaban J connectivity index is 1.55. The van der Waals surface area contributed by atoms with Crippen molar-refractivity contribution in [2.45, 2.75) is 33.2 Å². The molecule has 3 aromatic carbocycles. The Kier molecular flexibility index (Phi) is 6.63. The molecule has 0 saturated carbocycles. The molecule has 1 saturated heterocycles. The van der Waals surface area contributed by atoms with Gasteiger partial charge in [0, 0.05) is 18.8 Å². The van der Waals surface area contributed by atoms with E-state index in [1.807, 2.05) is 91.5 Å². The van der Waals surface area contributed by atoms with E-state index in [0.717, 1.165) is 23.1 Å². The number of hydrogen-bond acceptors (Lipinski definition) is 2. The van der Waals surface area contributed by atoms with Gasteiger partial charge in [0.25, 0.3) is 0 Å². The number of anilines is 3. The fourth-order valence-electron chi connectivity index (χ4n) is 4.15. The van der Waals surface area contributed by atoms with Crippen LogP contribution in [0, 0.1) is 13.8 Å². The van der Waals surface area contributed by atoms with Crippen LogP contribution in [-0.2, 0) is 0 Å². The summed E-state index contributed by atoms with van der Waals surface area (Å²) in [6.07, 6.45) is 0.853. The van der Waals surface area contributed by atoms with Crippen LogP contribution in [0.3, 0.4) is 0 Å². The average Bonchev–Trinajstić information content (AvgIpc) is 2.81. The Hall–Kier alpha value is -3.80. The first-order chi connectivity index (χ1) is 15.9. The van der Waals surface area contributed by atoms with Crippen LogP contribution in [0.4, 0.5) is 26.7 Å². The van der Waals surface area contributed by atoms with E-state index in [4.69, 9.17) is 0 Å². The van der Waals surface area contributed by atoms with Crippen molar-refractivity contribution in [1.82, 2.24) is 4.90 Å². The fourth-order valence-corrected chi connectivity index (χ4v) is 4.15. The lowest BCUT2D eigenvalue weighted by Crippen LogP contribution is -2.50. The third kappa shape index (κ3) is 5.17. The van der Waals surface area contributed by atoms with Gasteiger partial charge in [-0.3, -0.25) is 4.90 Å². The highest BCUT2D eigenvalue weighted by molar-refractivity contribution is 6.04. The third-order valence-corrected chi connectivity index (χ3v) is 6.01. The van der Waals surface area contributed by atoms with Crippen LogP contribution in [0.15, 0.2) is 72.8 Å². The summed E-state index contributed by atoms with van der Waals surface area (Å²) in [5, 5.41) is 5.81. The molecular formula is C27H30N4O2. The van der Waals surface area contributed by atoms with Crippen LogP contribution < -0.4 is 15.5 Å². The van der Waals surface area contributed by atoms with Gasteiger partial charge in [-0.05, 0) is 62.6 Å². The molecule has 4 amide bonds. The normalized spacial score (nSPS) is 14.7. The molecule has 0 bridgehead atoms. The van der Waals surface area contributed by atoms with E-state index < -0.39 is 0 Å². The SMILES string of the molecule is Cc1ccc(NC(=O)Nc2cc(C)ccc2N2CCCN([C@@H](C)c3ccccc3)C2=O)cc1. The number of nitrogens with zero attached hydrogens (tertiary/aromatic N) is 2. The molecule has 6 heteroatoms. The first-order valence-electron chi connectivity index (χ1n) is 11.3. The van der Waals surface area contributed by atoms with Crippen molar-refractivity contribution < 1.29 is 9.59 Å². The maximum absolute atomic E-state index is 13.5. The molecule has 4 rings (SSSR count). The predicted molar refractivity (Wildman–Crippen MR) is 134 cm³/mol. The minimum absolute atomic E-state index is 0.0341. The predicted octanol–water partition coefficient (Wildman–Crippen LogP) is 6.34. The lowest BCUT2D eigenvalue weighted by Gasteiger charge is -2.39. The maximum atomic E-state index is 13.5. The number of benzene rings is 3. The van der Waals surface area contributed by atoms with Crippen LogP contribution in [0.25, 0.3) is 0 Å². The van der Waals surface area contributed by atoms with Crippen LogP contribution >= 0.6 is 0 Å². The van der Waals surface area contributed by atoms with Crippen molar-refractivity contribution in [3.05, 3.63) is 89.5 Å². The van der Waals surface area contributed by atoms with E-state index in [1.54, 1.807) is 4.90 Å². The van der Waals surface area contributed by atoms with Gasteiger partial charge in [-0.25, -0.2) is 9.59 Å². The standard InChI is InChI=1S/C27H30N4O2/c1-19-10-13-23(14-11-19)28-26(32)29-24-18-20(2)12-15-25(24)31-17-7-16-30(27(31)33)21(3)22-8-5-4-6-9-22/h4-6,8-15,18,21H,7,16-17H2,1-3H3,(H2,28,29,32)/t21-/m0/s1. The van der Waals surface area contributed by atoms with Gasteiger partial charge in [0.15, 0.2) is 0 Å². The lowest BCUT2D eigenvalue weighted by molar-refractivity contribution is 0.175. The van der Waals surface area contributed by atoms with E-state index in [0.29, 0.717) is 30.2 Å². The number of carbonyl (C=O) groups is 2. The number of hydrogen-bond donors (Lipinski definition) is 2. The highest BCUT2D eigenvalue weighted by Crippen LogP contribution is 2.32. The highest BCUT2D eigenvalue weighted by Gasteiger charge is 2.32. The van der Waals surface area contributed by atoms with Crippen LogP contribution in [0.1, 0.15) is 36.1 Å². The molecule has 6 nitrogen and oxygen atoms in total. The number of carbonyl (C=O) groups excluding carboxylic acids is 2. The van der Waals surface area contributed by atoms with Crippen LogP contribution in [0.5, 0.6) is 0 Å². The van der Waals surface area contributed by atoms with Crippen molar-refractivity contribution in [3.8, 4) is 0 Å². The number of nitrogens with one attached hydrogen (secondary N) is 2. The smallest absolute Gasteiger partial charge is 0.318 e. The molecule has 1 heterocycles. The minimum Gasteiger partial charge on any atom is -0.318 e. The van der Waals surface area contributed by atoms with Crippen LogP contribution in [-0.4, -0.2) is 30.1 Å². The highest BCUT2D eigenvalue weighted by atomic mass is 16.2. The Labute approximate surface area is 195 Å². The Morgan fingerprint density at radius 3 is 2.30 bits per heavy atom. The molecular weight excluding hydrogens is 412 g/mol. The maximum Gasteiger partial charge on any atom is 0.325 e. The van der Waals surface area contributed by atoms with Gasteiger partial charge in [-0.15, -0.1) is 0 Å². The van der Waals surface area contributed by atoms with Gasteiger partial charge >= 0.3 is 12.1 Å². The molecule has 2 N–H and O–H groups in total. The zero-order chi connectivity index (χ0) is 23.4. The van der Waals surface area contributed by atoms with Gasteiger partial charge in [0.05, 0.1) is 17.4 Å². The molecule has 0 unspecified atom stereocenters. The first-order valence-corrected chi connectivity index (χ1v) is 11.3. The van der Waals surface area contributed by atoms with Crippen molar-refractivity contribution in [2.75, 3.05) is 28.6 Å². The van der Waals surface area contributed by atoms with Gasteiger partial charge in [0.2, 0.25) is 0 Å². The second kappa shape index (κ2) is 9.77. The van der Waals surface area contributed by atoms with Gasteiger partial charge in [-0.2, -0.15) is 0 Å². The molecule has 1 atom stereocenters. The zero-order valence-electron chi connectivity index (χ0n) is 19.3. The van der Waals surface area contributed by atoms with E-state index >= 15 is 0 Å². The molecule has 170 valence electrons. The van der Waals surface area contributed by atoms with Gasteiger partial charge in [-0.1, -0.05) is 54.1 Å². The topological polar surface area (TPSA) is 64.7 Å². The number of rotatable bonds is 5. The Morgan fingerprint density at radius 1 is 0.879 bits per heavy atom. The van der Waals surface area contributed by atoms with Crippen LogP contribution in [0.2, 0.25) is 0 Å². The molecule has 33 heavy (non-hydrogen) atoms. The van der Waals surface area contributed by atoms with Crippen molar-refractivity contribution in [3.63, 3.8) is 0 Å². The van der Waals surface area contributed by atoms with E-state index in [-0.39, 0.29) is 18.1 Å². The number of aryl methyl sites for hydroxylation is 2. The average molecular weight is 443 g/mol. The summed E-state index contributed by atoms with van der Waals surface area (Å²) in [5.41, 5.74) is 5.26. The summed E-state index contributed by atoms with van der Waals surface area (Å²) in [6.45, 7) is 7.33. The molecule has 0 radical (unpaired) electrons. The Bertz CT molecular complexity index is 1130. The lowest BCUT2D eigenvalue weighted by atomic mass is 10.1. The summed E-state index contributed by atoms with van der Waals surface area (Å²) in [5.74, 6) is 0. The molecule has 0 aromatic heterocycles. The molecule has 0 spiro atoms. The summed E-state index contributed by atoms with van der Waals surface area (Å²) in [6, 6.07) is 23.0. The zero-order valence-corrected chi connectivity index (χ0v) is 19.3. The van der Waals surface area contributed by atoms with Crippen molar-refractivity contribution in [2.24, 2.45) is 0 Å². The van der Waals surface area contributed by atoms with Crippen molar-refractivity contribution in [1.29, 1.82) is 0 Å². The summed E-state index contributed by atoms with van der Waals surface area (Å²) >= 11 is 0. The summed E-state index contributed by atoms with van der Waals surface area (Å²) in [4.78, 5) is 29.9. The van der Waals surface area contributed by atoms with Crippen molar-refractivity contribution >= 4 is 29.1 Å². The number of urea groups is 2.